The standard InChI is InChI=1S/C15H20IO5P/c1-3-19-22(18,20-4-2)13-10-12(21-15(13)17)14(16)11-8-6-5-7-9-11/h5-9,12-14H,3-4,10H2,1-2H3/t12-,13?,14+/m0/s1. The Morgan fingerprint density at radius 3 is 2.41 bits per heavy atom. The first kappa shape index (κ1) is 17.9. The SMILES string of the molecule is CCOP(=O)(OCC)C1C[C@@H]([C@H](I)c2ccccc2)OC1=O. The second-order valence-corrected chi connectivity index (χ2v) is 8.48. The van der Waals surface area contributed by atoms with Crippen LogP contribution in [0.25, 0.3) is 0 Å². The van der Waals surface area contributed by atoms with E-state index in [4.69, 9.17) is 13.8 Å². The third-order valence-electron chi connectivity index (χ3n) is 3.44. The molecule has 0 spiro atoms. The van der Waals surface area contributed by atoms with Gasteiger partial charge in [-0.2, -0.15) is 0 Å². The van der Waals surface area contributed by atoms with Crippen molar-refractivity contribution in [2.45, 2.75) is 36.0 Å². The first-order valence-corrected chi connectivity index (χ1v) is 10.2. The second-order valence-electron chi connectivity index (χ2n) is 4.91. The van der Waals surface area contributed by atoms with Gasteiger partial charge in [0.1, 0.15) is 6.10 Å². The molecule has 5 nitrogen and oxygen atoms in total. The van der Waals surface area contributed by atoms with Crippen molar-refractivity contribution in [3.8, 4) is 0 Å². The van der Waals surface area contributed by atoms with Gasteiger partial charge < -0.3 is 13.8 Å². The van der Waals surface area contributed by atoms with E-state index >= 15 is 0 Å². The summed E-state index contributed by atoms with van der Waals surface area (Å²) >= 11 is 2.25. The van der Waals surface area contributed by atoms with Crippen molar-refractivity contribution >= 4 is 36.2 Å². The molecule has 1 heterocycles. The average molecular weight is 438 g/mol. The van der Waals surface area contributed by atoms with Crippen LogP contribution in [0.5, 0.6) is 0 Å². The van der Waals surface area contributed by atoms with Crippen molar-refractivity contribution in [1.82, 2.24) is 0 Å². The Morgan fingerprint density at radius 1 is 1.27 bits per heavy atom. The molecule has 1 saturated heterocycles. The highest BCUT2D eigenvalue weighted by molar-refractivity contribution is 14.1. The van der Waals surface area contributed by atoms with Gasteiger partial charge in [-0.15, -0.1) is 0 Å². The first-order valence-electron chi connectivity index (χ1n) is 7.30. The van der Waals surface area contributed by atoms with Crippen LogP contribution in [-0.2, 0) is 23.1 Å². The number of hydrogen-bond acceptors (Lipinski definition) is 5. The van der Waals surface area contributed by atoms with Gasteiger partial charge in [-0.05, 0) is 19.4 Å². The molecule has 7 heteroatoms. The zero-order chi connectivity index (χ0) is 16.2. The molecule has 1 fully saturated rings. The molecule has 0 saturated carbocycles. The summed E-state index contributed by atoms with van der Waals surface area (Å²) in [6.45, 7) is 3.93. The average Bonchev–Trinajstić information content (AvgIpc) is 2.90. The summed E-state index contributed by atoms with van der Waals surface area (Å²) in [6, 6.07) is 9.81. The molecule has 3 atom stereocenters. The summed E-state index contributed by atoms with van der Waals surface area (Å²) in [6.07, 6.45) is 0.0215. The second kappa shape index (κ2) is 7.90. The molecule has 0 radical (unpaired) electrons. The summed E-state index contributed by atoms with van der Waals surface area (Å²) in [7, 11) is -3.47. The normalized spacial score (nSPS) is 23.3. The maximum Gasteiger partial charge on any atom is 0.345 e. The van der Waals surface area contributed by atoms with Crippen LogP contribution < -0.4 is 0 Å². The number of alkyl halides is 1. The highest BCUT2D eigenvalue weighted by Gasteiger charge is 2.50. The first-order chi connectivity index (χ1) is 10.5. The van der Waals surface area contributed by atoms with E-state index in [1.807, 2.05) is 30.3 Å². The molecule has 1 aliphatic heterocycles. The fourth-order valence-corrected chi connectivity index (χ4v) is 5.25. The lowest BCUT2D eigenvalue weighted by Crippen LogP contribution is -2.18. The largest absolute Gasteiger partial charge is 0.460 e. The number of rotatable bonds is 7. The van der Waals surface area contributed by atoms with Crippen LogP contribution >= 0.6 is 30.2 Å². The molecular formula is C15H20IO5P. The predicted octanol–water partition coefficient (Wildman–Crippen LogP) is 4.11. The van der Waals surface area contributed by atoms with Crippen LogP contribution in [0.15, 0.2) is 30.3 Å². The van der Waals surface area contributed by atoms with E-state index in [1.54, 1.807) is 13.8 Å². The van der Waals surface area contributed by atoms with E-state index < -0.39 is 19.2 Å². The Bertz CT molecular complexity index is 540. The number of cyclic esters (lactones) is 1. The molecular weight excluding hydrogens is 418 g/mol. The van der Waals surface area contributed by atoms with Crippen LogP contribution in [0.4, 0.5) is 0 Å². The Balaban J connectivity index is 2.14. The lowest BCUT2D eigenvalue weighted by molar-refractivity contribution is -0.141. The van der Waals surface area contributed by atoms with E-state index in [0.29, 0.717) is 6.42 Å². The molecule has 1 aromatic rings. The zero-order valence-corrected chi connectivity index (χ0v) is 15.7. The van der Waals surface area contributed by atoms with Gasteiger partial charge in [-0.1, -0.05) is 52.9 Å². The Kier molecular flexibility index (Phi) is 6.44. The molecule has 0 aromatic heterocycles. The van der Waals surface area contributed by atoms with Crippen molar-refractivity contribution in [2.24, 2.45) is 0 Å². The van der Waals surface area contributed by atoms with E-state index in [-0.39, 0.29) is 23.2 Å². The van der Waals surface area contributed by atoms with Crippen LogP contribution in [0.2, 0.25) is 0 Å². The van der Waals surface area contributed by atoms with E-state index in [0.717, 1.165) is 5.56 Å². The van der Waals surface area contributed by atoms with Gasteiger partial charge in [0.25, 0.3) is 0 Å². The third kappa shape index (κ3) is 3.91. The van der Waals surface area contributed by atoms with Gasteiger partial charge in [0.15, 0.2) is 5.66 Å². The number of halogens is 1. The molecule has 0 aliphatic carbocycles. The smallest absolute Gasteiger partial charge is 0.345 e. The Hall–Kier alpha value is -0.430. The lowest BCUT2D eigenvalue weighted by Gasteiger charge is -2.20. The highest BCUT2D eigenvalue weighted by atomic mass is 127. The molecule has 0 amide bonds. The monoisotopic (exact) mass is 438 g/mol. The van der Waals surface area contributed by atoms with Gasteiger partial charge >= 0.3 is 13.6 Å². The van der Waals surface area contributed by atoms with Gasteiger partial charge in [0, 0.05) is 6.42 Å². The van der Waals surface area contributed by atoms with E-state index in [2.05, 4.69) is 22.6 Å². The van der Waals surface area contributed by atoms with Gasteiger partial charge in [0.05, 0.1) is 17.1 Å². The van der Waals surface area contributed by atoms with Crippen molar-refractivity contribution in [3.05, 3.63) is 35.9 Å². The van der Waals surface area contributed by atoms with Crippen molar-refractivity contribution < 1.29 is 23.1 Å². The van der Waals surface area contributed by atoms with Crippen molar-refractivity contribution in [1.29, 1.82) is 0 Å². The number of carbonyl (C=O) groups is 1. The topological polar surface area (TPSA) is 61.8 Å². The van der Waals surface area contributed by atoms with Crippen molar-refractivity contribution in [2.75, 3.05) is 13.2 Å². The molecule has 0 bridgehead atoms. The summed E-state index contributed by atoms with van der Waals surface area (Å²) in [5, 5.41) is 0. The maximum atomic E-state index is 12.8. The third-order valence-corrected chi connectivity index (χ3v) is 7.38. The Labute approximate surface area is 144 Å². The molecule has 22 heavy (non-hydrogen) atoms. The minimum atomic E-state index is -3.47. The molecule has 0 N–H and O–H groups in total. The number of benzene rings is 1. The fraction of sp³-hybridized carbons (Fsp3) is 0.533. The van der Waals surface area contributed by atoms with Crippen LogP contribution in [0.3, 0.4) is 0 Å². The van der Waals surface area contributed by atoms with Crippen LogP contribution in [0, 0.1) is 0 Å². The summed E-state index contributed by atoms with van der Waals surface area (Å²) in [5.74, 6) is -0.493. The molecule has 1 aliphatic rings. The minimum absolute atomic E-state index is 0.00412. The quantitative estimate of drug-likeness (QED) is 0.278. The van der Waals surface area contributed by atoms with Crippen molar-refractivity contribution in [3.63, 3.8) is 0 Å². The number of carbonyl (C=O) groups excluding carboxylic acids is 1. The summed E-state index contributed by atoms with van der Waals surface area (Å²) in [4.78, 5) is 12.2. The lowest BCUT2D eigenvalue weighted by atomic mass is 10.1. The van der Waals surface area contributed by atoms with Crippen LogP contribution in [-0.4, -0.2) is 30.9 Å². The molecule has 1 aromatic carbocycles. The number of hydrogen-bond donors (Lipinski definition) is 0. The fourth-order valence-electron chi connectivity index (χ4n) is 2.46. The summed E-state index contributed by atoms with van der Waals surface area (Å²) in [5.41, 5.74) is 0.239. The van der Waals surface area contributed by atoms with Crippen LogP contribution in [0.1, 0.15) is 29.8 Å². The summed E-state index contributed by atoms with van der Waals surface area (Å²) < 4.78 is 28.8. The number of ether oxygens (including phenoxy) is 1. The molecule has 122 valence electrons. The zero-order valence-electron chi connectivity index (χ0n) is 12.6. The minimum Gasteiger partial charge on any atom is -0.460 e. The van der Waals surface area contributed by atoms with Gasteiger partial charge in [0.2, 0.25) is 0 Å². The highest BCUT2D eigenvalue weighted by Crippen LogP contribution is 2.58. The van der Waals surface area contributed by atoms with E-state index in [9.17, 15) is 9.36 Å². The van der Waals surface area contributed by atoms with Gasteiger partial charge in [-0.25, -0.2) is 0 Å². The maximum absolute atomic E-state index is 12.8. The van der Waals surface area contributed by atoms with E-state index in [1.165, 1.54) is 0 Å². The Morgan fingerprint density at radius 2 is 1.86 bits per heavy atom. The van der Waals surface area contributed by atoms with Gasteiger partial charge in [-0.3, -0.25) is 9.36 Å². The number of esters is 1. The molecule has 1 unspecified atom stereocenters. The molecule has 2 rings (SSSR count). The predicted molar refractivity (Wildman–Crippen MR) is 92.3 cm³/mol.